The van der Waals surface area contributed by atoms with Crippen LogP contribution in [0.5, 0.6) is 0 Å². The number of ether oxygens (including phenoxy) is 2. The van der Waals surface area contributed by atoms with Crippen LogP contribution in [0.15, 0.2) is 0 Å². The maximum Gasteiger partial charge on any atom is 0.527 e. The van der Waals surface area contributed by atoms with Gasteiger partial charge in [-0.05, 0) is 48.5 Å². The molecule has 1 unspecified atom stereocenters. The Morgan fingerprint density at radius 2 is 1.36 bits per heavy atom. The maximum atomic E-state index is 12.9. The SMILES string of the molecule is CC1C[C@H](OS(C)(=O)=O)C[N+]1(C(=O)OC(C)(C)C)C(=O)OC(C)(C)C. The molecule has 1 saturated heterocycles. The number of nitrogens with zero attached hydrogens (tertiary/aromatic N) is 1. The molecule has 146 valence electrons. The van der Waals surface area contributed by atoms with Crippen LogP contribution >= 0.6 is 0 Å². The van der Waals surface area contributed by atoms with E-state index in [2.05, 4.69) is 0 Å². The molecule has 0 N–H and O–H groups in total. The maximum absolute atomic E-state index is 12.9. The average Bonchev–Trinajstić information content (AvgIpc) is 2.59. The van der Waals surface area contributed by atoms with Crippen molar-refractivity contribution in [2.75, 3.05) is 12.8 Å². The van der Waals surface area contributed by atoms with Crippen molar-refractivity contribution in [2.24, 2.45) is 0 Å². The molecule has 1 aliphatic rings. The first-order valence-electron chi connectivity index (χ1n) is 8.19. The van der Waals surface area contributed by atoms with Gasteiger partial charge in [0.1, 0.15) is 29.9 Å². The molecule has 2 atom stereocenters. The van der Waals surface area contributed by atoms with Crippen molar-refractivity contribution < 1.29 is 36.1 Å². The van der Waals surface area contributed by atoms with Gasteiger partial charge in [-0.25, -0.2) is 0 Å². The molecule has 0 aromatic rings. The lowest BCUT2D eigenvalue weighted by atomic mass is 10.2. The predicted molar refractivity (Wildman–Crippen MR) is 91.4 cm³/mol. The first-order valence-corrected chi connectivity index (χ1v) is 10.0. The molecule has 25 heavy (non-hydrogen) atoms. The smallest absolute Gasteiger partial charge is 0.414 e. The van der Waals surface area contributed by atoms with E-state index in [1.807, 2.05) is 0 Å². The van der Waals surface area contributed by atoms with Crippen LogP contribution < -0.4 is 0 Å². The van der Waals surface area contributed by atoms with Gasteiger partial charge in [-0.1, -0.05) is 0 Å². The number of amides is 2. The summed E-state index contributed by atoms with van der Waals surface area (Å²) in [4.78, 5) is 25.8. The largest absolute Gasteiger partial charge is 0.527 e. The molecular weight excluding hydrogens is 350 g/mol. The molecular formula is C16H30NO7S+. The van der Waals surface area contributed by atoms with E-state index in [1.54, 1.807) is 48.5 Å². The van der Waals surface area contributed by atoms with Crippen LogP contribution in [0.2, 0.25) is 0 Å². The molecule has 1 heterocycles. The Morgan fingerprint density at radius 3 is 1.68 bits per heavy atom. The summed E-state index contributed by atoms with van der Waals surface area (Å²) in [5, 5.41) is 0. The lowest BCUT2D eigenvalue weighted by Gasteiger charge is -2.34. The molecule has 0 aromatic heterocycles. The van der Waals surface area contributed by atoms with Crippen LogP contribution in [-0.4, -0.2) is 61.2 Å². The third-order valence-corrected chi connectivity index (χ3v) is 4.22. The first-order chi connectivity index (χ1) is 11.0. The molecule has 0 saturated carbocycles. The normalized spacial score (nSPS) is 24.0. The van der Waals surface area contributed by atoms with Gasteiger partial charge in [0.25, 0.3) is 10.1 Å². The summed E-state index contributed by atoms with van der Waals surface area (Å²) in [5.41, 5.74) is -1.61. The van der Waals surface area contributed by atoms with E-state index in [9.17, 15) is 18.0 Å². The van der Waals surface area contributed by atoms with E-state index in [4.69, 9.17) is 13.7 Å². The fourth-order valence-electron chi connectivity index (χ4n) is 2.72. The number of hydrogen-bond donors (Lipinski definition) is 0. The van der Waals surface area contributed by atoms with Crippen LogP contribution in [0.3, 0.4) is 0 Å². The van der Waals surface area contributed by atoms with Gasteiger partial charge in [0.15, 0.2) is 0 Å². The topological polar surface area (TPSA) is 96.0 Å². The Balaban J connectivity index is 3.24. The fraction of sp³-hybridized carbons (Fsp3) is 0.875. The third-order valence-electron chi connectivity index (χ3n) is 3.60. The molecule has 1 rings (SSSR count). The van der Waals surface area contributed by atoms with E-state index in [1.165, 1.54) is 0 Å². The highest BCUT2D eigenvalue weighted by atomic mass is 32.2. The van der Waals surface area contributed by atoms with Gasteiger partial charge in [-0.15, -0.1) is 4.48 Å². The van der Waals surface area contributed by atoms with Gasteiger partial charge >= 0.3 is 12.2 Å². The van der Waals surface area contributed by atoms with Crippen LogP contribution in [0.25, 0.3) is 0 Å². The molecule has 0 spiro atoms. The highest BCUT2D eigenvalue weighted by molar-refractivity contribution is 7.86. The van der Waals surface area contributed by atoms with Crippen molar-refractivity contribution in [3.05, 3.63) is 0 Å². The minimum Gasteiger partial charge on any atom is -0.414 e. The second-order valence-electron chi connectivity index (χ2n) is 8.52. The van der Waals surface area contributed by atoms with Crippen molar-refractivity contribution >= 4 is 22.3 Å². The van der Waals surface area contributed by atoms with Gasteiger partial charge in [0.05, 0.1) is 6.26 Å². The zero-order chi connectivity index (χ0) is 19.8. The monoisotopic (exact) mass is 380 g/mol. The van der Waals surface area contributed by atoms with Crippen molar-refractivity contribution in [2.45, 2.75) is 78.2 Å². The highest BCUT2D eigenvalue weighted by Crippen LogP contribution is 2.34. The molecule has 1 fully saturated rings. The number of carbonyl (C=O) groups excluding carboxylic acids is 2. The van der Waals surface area contributed by atoms with Gasteiger partial charge in [0.2, 0.25) is 0 Å². The Hall–Kier alpha value is -1.19. The number of carbonyl (C=O) groups is 2. The minimum absolute atomic E-state index is 0.155. The van der Waals surface area contributed by atoms with Gasteiger partial charge < -0.3 is 9.47 Å². The van der Waals surface area contributed by atoms with Gasteiger partial charge in [0, 0.05) is 6.42 Å². The third kappa shape index (κ3) is 5.93. The van der Waals surface area contributed by atoms with Crippen molar-refractivity contribution in [3.63, 3.8) is 0 Å². The van der Waals surface area contributed by atoms with E-state index < -0.39 is 50.1 Å². The number of hydrogen-bond acceptors (Lipinski definition) is 7. The molecule has 1 aliphatic heterocycles. The molecule has 0 aliphatic carbocycles. The quantitative estimate of drug-likeness (QED) is 0.537. The minimum atomic E-state index is -3.72. The lowest BCUT2D eigenvalue weighted by molar-refractivity contribution is -0.799. The standard InChI is InChI=1S/C16H30NO7S/c1-11-9-12(24-25(8,20)21)10-17(11,13(18)22-15(2,3)4)14(19)23-16(5,6)7/h11-12H,9-10H2,1-8H3/q+1/t11?,12-/m0/s1. The van der Waals surface area contributed by atoms with E-state index in [0.717, 1.165) is 6.26 Å². The Kier molecular flexibility index (Phi) is 5.98. The summed E-state index contributed by atoms with van der Waals surface area (Å²) in [6.45, 7) is 11.7. The molecule has 2 amide bonds. The Morgan fingerprint density at radius 1 is 0.960 bits per heavy atom. The molecule has 0 aromatic carbocycles. The summed E-state index contributed by atoms with van der Waals surface area (Å²) in [5.74, 6) is 0. The molecule has 0 radical (unpaired) electrons. The van der Waals surface area contributed by atoms with E-state index in [0.29, 0.717) is 0 Å². The molecule has 8 nitrogen and oxygen atoms in total. The zero-order valence-corrected chi connectivity index (χ0v) is 17.1. The Labute approximate surface area is 150 Å². The van der Waals surface area contributed by atoms with Crippen LogP contribution in [0.1, 0.15) is 54.9 Å². The van der Waals surface area contributed by atoms with E-state index in [-0.39, 0.29) is 13.0 Å². The van der Waals surface area contributed by atoms with Crippen LogP contribution in [0.4, 0.5) is 9.59 Å². The first kappa shape index (κ1) is 21.9. The second-order valence-corrected chi connectivity index (χ2v) is 10.1. The number of quaternary nitrogens is 1. The lowest BCUT2D eigenvalue weighted by Crippen LogP contribution is -2.62. The summed E-state index contributed by atoms with van der Waals surface area (Å²) < 4.78 is 38.0. The number of rotatable bonds is 2. The molecule has 9 heteroatoms. The van der Waals surface area contributed by atoms with Crippen molar-refractivity contribution in [1.82, 2.24) is 0 Å². The van der Waals surface area contributed by atoms with Crippen LogP contribution in [0, 0.1) is 0 Å². The van der Waals surface area contributed by atoms with Gasteiger partial charge in [-0.2, -0.15) is 18.0 Å². The number of likely N-dealkylation sites (tertiary alicyclic amines) is 1. The zero-order valence-electron chi connectivity index (χ0n) is 16.3. The summed E-state index contributed by atoms with van der Waals surface area (Å²) in [7, 11) is -3.72. The Bertz CT molecular complexity index is 600. The van der Waals surface area contributed by atoms with Crippen LogP contribution in [-0.2, 0) is 23.8 Å². The number of imide groups is 1. The average molecular weight is 380 g/mol. The van der Waals surface area contributed by atoms with Gasteiger partial charge in [-0.3, -0.25) is 4.18 Å². The predicted octanol–water partition coefficient (Wildman–Crippen LogP) is 2.81. The summed E-state index contributed by atoms with van der Waals surface area (Å²) >= 11 is 0. The van der Waals surface area contributed by atoms with E-state index >= 15 is 0 Å². The highest BCUT2D eigenvalue weighted by Gasteiger charge is 2.61. The summed E-state index contributed by atoms with van der Waals surface area (Å²) in [6, 6.07) is -0.545. The second kappa shape index (κ2) is 6.85. The fourth-order valence-corrected chi connectivity index (χ4v) is 3.36. The van der Waals surface area contributed by atoms with Crippen molar-refractivity contribution in [3.8, 4) is 0 Å². The summed E-state index contributed by atoms with van der Waals surface area (Å²) in [6.07, 6.45) is -1.19. The van der Waals surface area contributed by atoms with Crippen molar-refractivity contribution in [1.29, 1.82) is 0 Å². The molecule has 0 bridgehead atoms.